The average Bonchev–Trinajstić information content (AvgIpc) is 2.64. The Bertz CT molecular complexity index is 284. The fourth-order valence-corrected chi connectivity index (χ4v) is 2.61. The first-order valence-electron chi connectivity index (χ1n) is 10.7. The first-order chi connectivity index (χ1) is 12.8. The fourth-order valence-electron chi connectivity index (χ4n) is 2.61. The summed E-state index contributed by atoms with van der Waals surface area (Å²) in [5.74, 6) is -0.156. The van der Waals surface area contributed by atoms with Gasteiger partial charge in [-0.15, -0.1) is 0 Å². The van der Waals surface area contributed by atoms with Crippen LogP contribution in [0.5, 0.6) is 0 Å². The molecule has 0 unspecified atom stereocenters. The number of ether oxygens (including phenoxy) is 4. The van der Waals surface area contributed by atoms with Gasteiger partial charge in [0, 0.05) is 19.6 Å². The number of esters is 1. The van der Waals surface area contributed by atoms with E-state index in [9.17, 15) is 4.79 Å². The van der Waals surface area contributed by atoms with Crippen LogP contribution in [0.4, 0.5) is 0 Å². The summed E-state index contributed by atoms with van der Waals surface area (Å²) < 4.78 is 21.3. The molecule has 156 valence electrons. The Morgan fingerprint density at radius 3 is 1.58 bits per heavy atom. The number of hydrogen-bond donors (Lipinski definition) is 0. The maximum absolute atomic E-state index is 11.1. The van der Waals surface area contributed by atoms with Crippen LogP contribution in [0, 0.1) is 0 Å². The van der Waals surface area contributed by atoms with E-state index in [1.54, 1.807) is 0 Å². The molecule has 0 aromatic heterocycles. The quantitative estimate of drug-likeness (QED) is 0.211. The summed E-state index contributed by atoms with van der Waals surface area (Å²) in [4.78, 5) is 11.1. The molecule has 0 aromatic carbocycles. The highest BCUT2D eigenvalue weighted by atomic mass is 16.5. The van der Waals surface area contributed by atoms with Crippen molar-refractivity contribution >= 4 is 5.97 Å². The van der Waals surface area contributed by atoms with Crippen LogP contribution in [0.2, 0.25) is 0 Å². The van der Waals surface area contributed by atoms with Gasteiger partial charge in [-0.2, -0.15) is 0 Å². The summed E-state index contributed by atoms with van der Waals surface area (Å²) in [6, 6.07) is 0. The van der Waals surface area contributed by atoms with Gasteiger partial charge in [0.2, 0.25) is 0 Å². The van der Waals surface area contributed by atoms with Gasteiger partial charge in [0.05, 0.1) is 33.0 Å². The second-order valence-electron chi connectivity index (χ2n) is 6.57. The van der Waals surface area contributed by atoms with Gasteiger partial charge in [-0.25, -0.2) is 0 Å². The molecular formula is C21H42O5. The zero-order chi connectivity index (χ0) is 19.1. The van der Waals surface area contributed by atoms with Crippen LogP contribution >= 0.6 is 0 Å². The van der Waals surface area contributed by atoms with E-state index in [2.05, 4.69) is 6.92 Å². The Labute approximate surface area is 161 Å². The van der Waals surface area contributed by atoms with Gasteiger partial charge in [0.25, 0.3) is 0 Å². The molecule has 0 amide bonds. The van der Waals surface area contributed by atoms with Crippen molar-refractivity contribution in [1.82, 2.24) is 0 Å². The van der Waals surface area contributed by atoms with Crippen LogP contribution in [0.25, 0.3) is 0 Å². The third-order valence-electron chi connectivity index (χ3n) is 4.11. The maximum atomic E-state index is 11.1. The summed E-state index contributed by atoms with van der Waals surface area (Å²) in [6.45, 7) is 8.31. The Morgan fingerprint density at radius 2 is 1.04 bits per heavy atom. The molecule has 0 saturated heterocycles. The van der Waals surface area contributed by atoms with E-state index in [0.717, 1.165) is 13.0 Å². The van der Waals surface area contributed by atoms with E-state index in [0.29, 0.717) is 52.5 Å². The van der Waals surface area contributed by atoms with E-state index in [1.165, 1.54) is 51.4 Å². The van der Waals surface area contributed by atoms with E-state index in [4.69, 9.17) is 18.9 Å². The molecule has 5 heteroatoms. The highest BCUT2D eigenvalue weighted by molar-refractivity contribution is 5.69. The van der Waals surface area contributed by atoms with Crippen molar-refractivity contribution in [3.8, 4) is 0 Å². The molecule has 0 aliphatic heterocycles. The molecule has 0 fully saturated rings. The summed E-state index contributed by atoms with van der Waals surface area (Å²) in [5.41, 5.74) is 0. The largest absolute Gasteiger partial charge is 0.466 e. The molecule has 5 nitrogen and oxygen atoms in total. The monoisotopic (exact) mass is 374 g/mol. The SMILES string of the molecule is CCCCCCCCCCCOCCOCCOCCCC(=O)OCC. The lowest BCUT2D eigenvalue weighted by Gasteiger charge is -2.07. The Kier molecular flexibility index (Phi) is 21.8. The molecule has 0 spiro atoms. The number of unbranched alkanes of at least 4 members (excludes halogenated alkanes) is 8. The van der Waals surface area contributed by atoms with Crippen molar-refractivity contribution < 1.29 is 23.7 Å². The zero-order valence-corrected chi connectivity index (χ0v) is 17.3. The Balaban J connectivity index is 3.02. The van der Waals surface area contributed by atoms with Crippen molar-refractivity contribution in [3.05, 3.63) is 0 Å². The van der Waals surface area contributed by atoms with E-state index < -0.39 is 0 Å². The predicted molar refractivity (Wildman–Crippen MR) is 106 cm³/mol. The molecule has 0 aliphatic rings. The van der Waals surface area contributed by atoms with Gasteiger partial charge >= 0.3 is 5.97 Å². The second-order valence-corrected chi connectivity index (χ2v) is 6.57. The lowest BCUT2D eigenvalue weighted by atomic mass is 10.1. The zero-order valence-electron chi connectivity index (χ0n) is 17.3. The first kappa shape index (κ1) is 25.4. The van der Waals surface area contributed by atoms with Crippen LogP contribution in [0.15, 0.2) is 0 Å². The van der Waals surface area contributed by atoms with E-state index in [1.807, 2.05) is 6.92 Å². The summed E-state index contributed by atoms with van der Waals surface area (Å²) in [7, 11) is 0. The van der Waals surface area contributed by atoms with Crippen molar-refractivity contribution in [2.45, 2.75) is 84.5 Å². The number of rotatable bonds is 21. The topological polar surface area (TPSA) is 54.0 Å². The fraction of sp³-hybridized carbons (Fsp3) is 0.952. The van der Waals surface area contributed by atoms with Crippen LogP contribution in [-0.4, -0.2) is 52.2 Å². The molecule has 0 saturated carbocycles. The molecular weight excluding hydrogens is 332 g/mol. The van der Waals surface area contributed by atoms with E-state index in [-0.39, 0.29) is 5.97 Å². The minimum absolute atomic E-state index is 0.156. The van der Waals surface area contributed by atoms with Gasteiger partial charge in [0.15, 0.2) is 0 Å². The minimum atomic E-state index is -0.156. The average molecular weight is 375 g/mol. The van der Waals surface area contributed by atoms with Crippen LogP contribution in [0.3, 0.4) is 0 Å². The Morgan fingerprint density at radius 1 is 0.577 bits per heavy atom. The molecule has 0 radical (unpaired) electrons. The first-order valence-corrected chi connectivity index (χ1v) is 10.7. The molecule has 0 aromatic rings. The van der Waals surface area contributed by atoms with Crippen LogP contribution in [-0.2, 0) is 23.7 Å². The standard InChI is InChI=1S/C21H42O5/c1-3-5-6-7-8-9-10-11-12-15-23-17-19-25-20-18-24-16-13-14-21(22)26-4-2/h3-20H2,1-2H3. The molecule has 0 atom stereocenters. The molecule has 0 heterocycles. The third-order valence-corrected chi connectivity index (χ3v) is 4.11. The highest BCUT2D eigenvalue weighted by Crippen LogP contribution is 2.09. The molecule has 0 bridgehead atoms. The molecule has 0 rings (SSSR count). The predicted octanol–water partition coefficient (Wildman–Crippen LogP) is 4.91. The van der Waals surface area contributed by atoms with Gasteiger partial charge in [0.1, 0.15) is 0 Å². The van der Waals surface area contributed by atoms with Gasteiger partial charge in [-0.1, -0.05) is 58.3 Å². The van der Waals surface area contributed by atoms with E-state index >= 15 is 0 Å². The maximum Gasteiger partial charge on any atom is 0.305 e. The normalized spacial score (nSPS) is 11.0. The van der Waals surface area contributed by atoms with Crippen molar-refractivity contribution in [3.63, 3.8) is 0 Å². The lowest BCUT2D eigenvalue weighted by molar-refractivity contribution is -0.143. The highest BCUT2D eigenvalue weighted by Gasteiger charge is 2.00. The van der Waals surface area contributed by atoms with Gasteiger partial charge in [-0.05, 0) is 19.8 Å². The molecule has 26 heavy (non-hydrogen) atoms. The van der Waals surface area contributed by atoms with Crippen LogP contribution in [0.1, 0.15) is 84.5 Å². The lowest BCUT2D eigenvalue weighted by Crippen LogP contribution is -2.11. The minimum Gasteiger partial charge on any atom is -0.466 e. The smallest absolute Gasteiger partial charge is 0.305 e. The van der Waals surface area contributed by atoms with Crippen molar-refractivity contribution in [2.75, 3.05) is 46.2 Å². The van der Waals surface area contributed by atoms with Crippen LogP contribution < -0.4 is 0 Å². The van der Waals surface area contributed by atoms with Gasteiger partial charge < -0.3 is 18.9 Å². The second kappa shape index (κ2) is 22.4. The summed E-state index contributed by atoms with van der Waals surface area (Å²) >= 11 is 0. The van der Waals surface area contributed by atoms with Crippen molar-refractivity contribution in [1.29, 1.82) is 0 Å². The molecule has 0 aliphatic carbocycles. The Hall–Kier alpha value is -0.650. The summed E-state index contributed by atoms with van der Waals surface area (Å²) in [5, 5.41) is 0. The third kappa shape index (κ3) is 21.4. The molecule has 0 N–H and O–H groups in total. The summed E-state index contributed by atoms with van der Waals surface area (Å²) in [6.07, 6.45) is 13.1. The van der Waals surface area contributed by atoms with Gasteiger partial charge in [-0.3, -0.25) is 4.79 Å². The number of carbonyl (C=O) groups is 1. The van der Waals surface area contributed by atoms with Crippen molar-refractivity contribution in [2.24, 2.45) is 0 Å². The number of carbonyl (C=O) groups excluding carboxylic acids is 1. The number of hydrogen-bond acceptors (Lipinski definition) is 5.